The predicted octanol–water partition coefficient (Wildman–Crippen LogP) is 1.32. The van der Waals surface area contributed by atoms with Gasteiger partial charge in [0.15, 0.2) is 5.96 Å². The van der Waals surface area contributed by atoms with Gasteiger partial charge in [-0.2, -0.15) is 0 Å². The Morgan fingerprint density at radius 2 is 2.22 bits per heavy atom. The molecule has 0 saturated carbocycles. The number of aromatic nitrogens is 1. The van der Waals surface area contributed by atoms with E-state index in [0.29, 0.717) is 13.2 Å². The van der Waals surface area contributed by atoms with Gasteiger partial charge >= 0.3 is 0 Å². The number of ether oxygens (including phenoxy) is 1. The topological polar surface area (TPSA) is 58.5 Å². The third-order valence-corrected chi connectivity index (χ3v) is 2.36. The van der Waals surface area contributed by atoms with Crippen LogP contribution in [-0.2, 0) is 11.3 Å². The molecule has 102 valence electrons. The number of hydrogen-bond acceptors (Lipinski definition) is 3. The Kier molecular flexibility index (Phi) is 9.57. The first-order valence-corrected chi connectivity index (χ1v) is 5.62. The predicted molar refractivity (Wildman–Crippen MR) is 84.5 cm³/mol. The lowest BCUT2D eigenvalue weighted by Crippen LogP contribution is -2.38. The average molecular weight is 364 g/mol. The molecular weight excluding hydrogens is 343 g/mol. The van der Waals surface area contributed by atoms with E-state index < -0.39 is 0 Å². The summed E-state index contributed by atoms with van der Waals surface area (Å²) in [7, 11) is 3.42. The zero-order valence-electron chi connectivity index (χ0n) is 11.1. The van der Waals surface area contributed by atoms with Gasteiger partial charge in [-0.25, -0.2) is 0 Å². The van der Waals surface area contributed by atoms with Crippen molar-refractivity contribution in [2.24, 2.45) is 4.99 Å². The molecule has 0 saturated heterocycles. The van der Waals surface area contributed by atoms with Gasteiger partial charge in [-0.1, -0.05) is 6.07 Å². The molecule has 2 N–H and O–H groups in total. The highest BCUT2D eigenvalue weighted by atomic mass is 127. The molecule has 1 heterocycles. The molecule has 0 spiro atoms. The van der Waals surface area contributed by atoms with E-state index in [1.807, 2.05) is 19.1 Å². The number of nitrogens with one attached hydrogen (secondary N) is 2. The van der Waals surface area contributed by atoms with E-state index in [2.05, 4.69) is 20.6 Å². The molecule has 6 heteroatoms. The van der Waals surface area contributed by atoms with Gasteiger partial charge in [0.05, 0.1) is 18.8 Å². The quantitative estimate of drug-likeness (QED) is 0.358. The van der Waals surface area contributed by atoms with Gasteiger partial charge in [-0.3, -0.25) is 9.98 Å². The summed E-state index contributed by atoms with van der Waals surface area (Å²) in [6.07, 6.45) is 1.80. The Morgan fingerprint density at radius 1 is 1.44 bits per heavy atom. The number of methoxy groups -OCH3 is 1. The SMILES string of the molecule is CN=C(NCCOC)NCc1ncccc1C.I. The zero-order chi connectivity index (χ0) is 12.5. The molecule has 5 nitrogen and oxygen atoms in total. The molecule has 0 amide bonds. The first-order chi connectivity index (χ1) is 8.27. The maximum atomic E-state index is 4.96. The summed E-state index contributed by atoms with van der Waals surface area (Å²) in [6.45, 7) is 4.10. The van der Waals surface area contributed by atoms with E-state index in [1.54, 1.807) is 20.4 Å². The minimum atomic E-state index is 0. The molecule has 0 aromatic carbocycles. The Morgan fingerprint density at radius 3 is 2.83 bits per heavy atom. The second kappa shape index (κ2) is 10.1. The van der Waals surface area contributed by atoms with E-state index in [-0.39, 0.29) is 24.0 Å². The third kappa shape index (κ3) is 6.15. The summed E-state index contributed by atoms with van der Waals surface area (Å²) in [5, 5.41) is 6.35. The van der Waals surface area contributed by atoms with Crippen molar-refractivity contribution in [3.05, 3.63) is 29.6 Å². The summed E-state index contributed by atoms with van der Waals surface area (Å²) < 4.78 is 4.96. The van der Waals surface area contributed by atoms with Gasteiger partial charge in [0, 0.05) is 26.9 Å². The minimum Gasteiger partial charge on any atom is -0.383 e. The number of pyridine rings is 1. The van der Waals surface area contributed by atoms with Gasteiger partial charge in [0.25, 0.3) is 0 Å². The molecule has 1 rings (SSSR count). The maximum Gasteiger partial charge on any atom is 0.191 e. The highest BCUT2D eigenvalue weighted by molar-refractivity contribution is 14.0. The normalized spacial score (nSPS) is 10.7. The van der Waals surface area contributed by atoms with Crippen LogP contribution >= 0.6 is 24.0 Å². The monoisotopic (exact) mass is 364 g/mol. The van der Waals surface area contributed by atoms with Crippen molar-refractivity contribution in [2.45, 2.75) is 13.5 Å². The van der Waals surface area contributed by atoms with E-state index >= 15 is 0 Å². The number of halogens is 1. The fraction of sp³-hybridized carbons (Fsp3) is 0.500. The second-order valence-corrected chi connectivity index (χ2v) is 3.61. The number of nitrogens with zero attached hydrogens (tertiary/aromatic N) is 2. The van der Waals surface area contributed by atoms with Gasteiger partial charge in [-0.05, 0) is 18.6 Å². The molecule has 0 atom stereocenters. The van der Waals surface area contributed by atoms with Crippen LogP contribution in [0.3, 0.4) is 0 Å². The summed E-state index contributed by atoms with van der Waals surface area (Å²) in [6, 6.07) is 3.98. The molecule has 1 aromatic rings. The summed E-state index contributed by atoms with van der Waals surface area (Å²) >= 11 is 0. The van der Waals surface area contributed by atoms with Gasteiger partial charge < -0.3 is 15.4 Å². The smallest absolute Gasteiger partial charge is 0.191 e. The minimum absolute atomic E-state index is 0. The van der Waals surface area contributed by atoms with Crippen LogP contribution in [0.4, 0.5) is 0 Å². The van der Waals surface area contributed by atoms with Crippen molar-refractivity contribution < 1.29 is 4.74 Å². The Hall–Kier alpha value is -0.890. The fourth-order valence-corrected chi connectivity index (χ4v) is 1.36. The molecule has 0 aliphatic rings. The molecule has 0 radical (unpaired) electrons. The van der Waals surface area contributed by atoms with E-state index in [9.17, 15) is 0 Å². The van der Waals surface area contributed by atoms with Crippen LogP contribution in [0.2, 0.25) is 0 Å². The summed E-state index contributed by atoms with van der Waals surface area (Å²) in [4.78, 5) is 8.43. The van der Waals surface area contributed by atoms with Crippen LogP contribution in [0.5, 0.6) is 0 Å². The van der Waals surface area contributed by atoms with Gasteiger partial charge in [0.2, 0.25) is 0 Å². The molecule has 0 bridgehead atoms. The lowest BCUT2D eigenvalue weighted by Gasteiger charge is -2.12. The number of hydrogen-bond donors (Lipinski definition) is 2. The molecule has 0 unspecified atom stereocenters. The van der Waals surface area contributed by atoms with Gasteiger partial charge in [-0.15, -0.1) is 24.0 Å². The van der Waals surface area contributed by atoms with Crippen LogP contribution in [0.1, 0.15) is 11.3 Å². The standard InChI is InChI=1S/C12H20N4O.HI/c1-10-5-4-6-14-11(10)9-16-12(13-2)15-7-8-17-3;/h4-6H,7-9H2,1-3H3,(H2,13,15,16);1H. The number of aliphatic imine (C=N–C) groups is 1. The maximum absolute atomic E-state index is 4.96. The Balaban J connectivity index is 0.00000289. The molecular formula is C12H21IN4O. The summed E-state index contributed by atoms with van der Waals surface area (Å²) in [5.74, 6) is 0.757. The van der Waals surface area contributed by atoms with Crippen LogP contribution in [0.15, 0.2) is 23.3 Å². The number of rotatable bonds is 5. The first-order valence-electron chi connectivity index (χ1n) is 5.62. The highest BCUT2D eigenvalue weighted by Gasteiger charge is 2.00. The molecule has 1 aromatic heterocycles. The molecule has 0 fully saturated rings. The van der Waals surface area contributed by atoms with Crippen LogP contribution < -0.4 is 10.6 Å². The van der Waals surface area contributed by atoms with Crippen molar-refractivity contribution in [3.8, 4) is 0 Å². The van der Waals surface area contributed by atoms with E-state index in [4.69, 9.17) is 4.74 Å². The largest absolute Gasteiger partial charge is 0.383 e. The number of guanidine groups is 1. The lowest BCUT2D eigenvalue weighted by atomic mass is 10.2. The van der Waals surface area contributed by atoms with Gasteiger partial charge in [0.1, 0.15) is 0 Å². The van der Waals surface area contributed by atoms with E-state index in [0.717, 1.165) is 18.2 Å². The van der Waals surface area contributed by atoms with Crippen molar-refractivity contribution in [3.63, 3.8) is 0 Å². The van der Waals surface area contributed by atoms with Crippen molar-refractivity contribution in [1.29, 1.82) is 0 Å². The Labute approximate surface area is 125 Å². The fourth-order valence-electron chi connectivity index (χ4n) is 1.36. The number of aryl methyl sites for hydroxylation is 1. The van der Waals surface area contributed by atoms with Crippen LogP contribution in [0, 0.1) is 6.92 Å². The van der Waals surface area contributed by atoms with Crippen LogP contribution in [0.25, 0.3) is 0 Å². The zero-order valence-corrected chi connectivity index (χ0v) is 13.4. The first kappa shape index (κ1) is 17.1. The molecule has 0 aliphatic heterocycles. The molecule has 0 aliphatic carbocycles. The Bertz CT molecular complexity index is 371. The highest BCUT2D eigenvalue weighted by Crippen LogP contribution is 2.01. The van der Waals surface area contributed by atoms with Crippen molar-refractivity contribution in [2.75, 3.05) is 27.3 Å². The third-order valence-electron chi connectivity index (χ3n) is 2.36. The van der Waals surface area contributed by atoms with E-state index in [1.165, 1.54) is 5.56 Å². The average Bonchev–Trinajstić information content (AvgIpc) is 2.35. The van der Waals surface area contributed by atoms with Crippen molar-refractivity contribution >= 4 is 29.9 Å². The van der Waals surface area contributed by atoms with Crippen LogP contribution in [-0.4, -0.2) is 38.3 Å². The molecule has 18 heavy (non-hydrogen) atoms. The second-order valence-electron chi connectivity index (χ2n) is 3.61. The summed E-state index contributed by atoms with van der Waals surface area (Å²) in [5.41, 5.74) is 2.20. The lowest BCUT2D eigenvalue weighted by molar-refractivity contribution is 0.203. The van der Waals surface area contributed by atoms with Crippen molar-refractivity contribution in [1.82, 2.24) is 15.6 Å².